The predicted octanol–water partition coefficient (Wildman–Crippen LogP) is 3.12. The van der Waals surface area contributed by atoms with Crippen molar-refractivity contribution in [2.24, 2.45) is 0 Å². The van der Waals surface area contributed by atoms with Crippen LogP contribution in [0.5, 0.6) is 0 Å². The van der Waals surface area contributed by atoms with Crippen LogP contribution in [0.3, 0.4) is 0 Å². The molecule has 1 aromatic carbocycles. The number of aromatic amines is 2. The number of rotatable bonds is 4. The van der Waals surface area contributed by atoms with Gasteiger partial charge in [0.25, 0.3) is 0 Å². The maximum absolute atomic E-state index is 11.3. The molecule has 6 heteroatoms. The summed E-state index contributed by atoms with van der Waals surface area (Å²) < 4.78 is 5.30. The summed E-state index contributed by atoms with van der Waals surface area (Å²) in [6, 6.07) is 11.6. The number of H-pyrrole nitrogens is 2. The molecule has 0 aliphatic heterocycles. The van der Waals surface area contributed by atoms with Crippen molar-refractivity contribution in [2.75, 3.05) is 5.32 Å². The first-order chi connectivity index (χ1) is 11.3. The van der Waals surface area contributed by atoms with Gasteiger partial charge in [0.15, 0.2) is 0 Å². The van der Waals surface area contributed by atoms with Crippen molar-refractivity contribution in [3.05, 3.63) is 71.3 Å². The van der Waals surface area contributed by atoms with Crippen LogP contribution >= 0.6 is 0 Å². The number of hydrogen-bond donors (Lipinski definition) is 3. The van der Waals surface area contributed by atoms with Gasteiger partial charge in [0.05, 0.1) is 29.5 Å². The largest absolute Gasteiger partial charge is 0.467 e. The Morgan fingerprint density at radius 2 is 1.96 bits per heavy atom. The predicted molar refractivity (Wildman–Crippen MR) is 88.2 cm³/mol. The molecule has 3 aromatic heterocycles. The van der Waals surface area contributed by atoms with Crippen molar-refractivity contribution in [1.82, 2.24) is 15.0 Å². The minimum Gasteiger partial charge on any atom is -0.467 e. The molecule has 0 aliphatic rings. The van der Waals surface area contributed by atoms with Gasteiger partial charge in [0, 0.05) is 18.0 Å². The van der Waals surface area contributed by atoms with Gasteiger partial charge in [-0.25, -0.2) is 4.79 Å². The van der Waals surface area contributed by atoms with Gasteiger partial charge >= 0.3 is 5.69 Å². The first-order valence-corrected chi connectivity index (χ1v) is 7.22. The van der Waals surface area contributed by atoms with E-state index in [1.165, 1.54) is 0 Å². The minimum atomic E-state index is -0.204. The van der Waals surface area contributed by atoms with Crippen LogP contribution in [0.4, 0.5) is 5.69 Å². The molecule has 23 heavy (non-hydrogen) atoms. The number of hydrogen-bond acceptors (Lipinski definition) is 4. The van der Waals surface area contributed by atoms with Crippen molar-refractivity contribution in [2.45, 2.75) is 6.54 Å². The first kappa shape index (κ1) is 13.4. The lowest BCUT2D eigenvalue weighted by atomic mass is 10.1. The van der Waals surface area contributed by atoms with Gasteiger partial charge in [-0.05, 0) is 35.9 Å². The lowest BCUT2D eigenvalue weighted by molar-refractivity contribution is 0.518. The molecule has 4 rings (SSSR count). The van der Waals surface area contributed by atoms with E-state index in [0.29, 0.717) is 6.54 Å². The van der Waals surface area contributed by atoms with Gasteiger partial charge in [-0.1, -0.05) is 6.07 Å². The summed E-state index contributed by atoms with van der Waals surface area (Å²) in [6.07, 6.45) is 5.21. The number of fused-ring (bicyclic) bond motifs is 1. The standard InChI is InChI=1S/C17H14N4O2/c22-17-20-15-4-3-11(7-16(15)21-17)12-6-13(9-18-8-12)19-10-14-2-1-5-23-14/h1-9,19H,10H2,(H2,20,21,22). The number of imidazole rings is 1. The zero-order valence-electron chi connectivity index (χ0n) is 12.2. The summed E-state index contributed by atoms with van der Waals surface area (Å²) in [5, 5.41) is 3.28. The lowest BCUT2D eigenvalue weighted by Crippen LogP contribution is -1.99. The summed E-state index contributed by atoms with van der Waals surface area (Å²) in [4.78, 5) is 21.1. The van der Waals surface area contributed by atoms with E-state index in [2.05, 4.69) is 20.3 Å². The summed E-state index contributed by atoms with van der Waals surface area (Å²) >= 11 is 0. The second-order valence-corrected chi connectivity index (χ2v) is 5.23. The Balaban J connectivity index is 1.62. The maximum atomic E-state index is 11.3. The van der Waals surface area contributed by atoms with Crippen LogP contribution in [-0.4, -0.2) is 15.0 Å². The fourth-order valence-electron chi connectivity index (χ4n) is 2.51. The summed E-state index contributed by atoms with van der Waals surface area (Å²) in [5.41, 5.74) is 4.23. The molecule has 0 atom stereocenters. The number of furan rings is 1. The smallest absolute Gasteiger partial charge is 0.323 e. The average molecular weight is 306 g/mol. The molecule has 0 aliphatic carbocycles. The third-order valence-electron chi connectivity index (χ3n) is 3.63. The highest BCUT2D eigenvalue weighted by atomic mass is 16.3. The monoisotopic (exact) mass is 306 g/mol. The minimum absolute atomic E-state index is 0.204. The van der Waals surface area contributed by atoms with E-state index in [-0.39, 0.29) is 5.69 Å². The van der Waals surface area contributed by atoms with E-state index in [9.17, 15) is 4.79 Å². The SMILES string of the molecule is O=c1[nH]c2ccc(-c3cncc(NCc4ccco4)c3)cc2[nH]1. The highest BCUT2D eigenvalue weighted by Gasteiger charge is 2.04. The number of benzene rings is 1. The second kappa shape index (κ2) is 5.49. The zero-order chi connectivity index (χ0) is 15.6. The van der Waals surface area contributed by atoms with Crippen LogP contribution in [0.15, 0.2) is 64.3 Å². The van der Waals surface area contributed by atoms with E-state index in [1.807, 2.05) is 36.4 Å². The number of nitrogens with one attached hydrogen (secondary N) is 3. The highest BCUT2D eigenvalue weighted by Crippen LogP contribution is 2.24. The molecule has 3 N–H and O–H groups in total. The quantitative estimate of drug-likeness (QED) is 0.540. The molecule has 6 nitrogen and oxygen atoms in total. The lowest BCUT2D eigenvalue weighted by Gasteiger charge is -2.07. The molecule has 0 saturated carbocycles. The molecule has 0 radical (unpaired) electrons. The number of nitrogens with zero attached hydrogens (tertiary/aromatic N) is 1. The summed E-state index contributed by atoms with van der Waals surface area (Å²) in [7, 11) is 0. The van der Waals surface area contributed by atoms with E-state index in [1.54, 1.807) is 18.7 Å². The summed E-state index contributed by atoms with van der Waals surface area (Å²) in [5.74, 6) is 0.863. The molecule has 0 bridgehead atoms. The van der Waals surface area contributed by atoms with Gasteiger partial charge < -0.3 is 19.7 Å². The second-order valence-electron chi connectivity index (χ2n) is 5.23. The Morgan fingerprint density at radius 3 is 2.83 bits per heavy atom. The van der Waals surface area contributed by atoms with Crippen molar-refractivity contribution in [1.29, 1.82) is 0 Å². The third-order valence-corrected chi connectivity index (χ3v) is 3.63. The fraction of sp³-hybridized carbons (Fsp3) is 0.0588. The van der Waals surface area contributed by atoms with E-state index >= 15 is 0 Å². The van der Waals surface area contributed by atoms with Crippen molar-refractivity contribution >= 4 is 16.7 Å². The summed E-state index contributed by atoms with van der Waals surface area (Å²) in [6.45, 7) is 0.600. The maximum Gasteiger partial charge on any atom is 0.323 e. The van der Waals surface area contributed by atoms with Crippen LogP contribution < -0.4 is 11.0 Å². The Bertz CT molecular complexity index is 999. The fourth-order valence-corrected chi connectivity index (χ4v) is 2.51. The number of anilines is 1. The van der Waals surface area contributed by atoms with Crippen LogP contribution in [-0.2, 0) is 6.54 Å². The highest BCUT2D eigenvalue weighted by molar-refractivity contribution is 5.81. The first-order valence-electron chi connectivity index (χ1n) is 7.22. The normalized spacial score (nSPS) is 11.0. The molecule has 0 unspecified atom stereocenters. The molecule has 0 fully saturated rings. The third kappa shape index (κ3) is 2.74. The average Bonchev–Trinajstić information content (AvgIpc) is 3.20. The molecular formula is C17H14N4O2. The van der Waals surface area contributed by atoms with Crippen LogP contribution in [0.25, 0.3) is 22.2 Å². The van der Waals surface area contributed by atoms with Gasteiger partial charge in [-0.15, -0.1) is 0 Å². The van der Waals surface area contributed by atoms with Gasteiger partial charge in [-0.3, -0.25) is 4.98 Å². The van der Waals surface area contributed by atoms with Crippen molar-refractivity contribution < 1.29 is 4.42 Å². The molecule has 0 spiro atoms. The molecule has 0 amide bonds. The number of pyridine rings is 1. The Kier molecular flexibility index (Phi) is 3.20. The van der Waals surface area contributed by atoms with E-state index < -0.39 is 0 Å². The van der Waals surface area contributed by atoms with E-state index in [0.717, 1.165) is 33.6 Å². The van der Waals surface area contributed by atoms with Crippen LogP contribution in [0.2, 0.25) is 0 Å². The zero-order valence-corrected chi connectivity index (χ0v) is 12.2. The van der Waals surface area contributed by atoms with Gasteiger partial charge in [0.2, 0.25) is 0 Å². The van der Waals surface area contributed by atoms with Crippen LogP contribution in [0.1, 0.15) is 5.76 Å². The molecule has 3 heterocycles. The Hall–Kier alpha value is -3.28. The van der Waals surface area contributed by atoms with Gasteiger partial charge in [-0.2, -0.15) is 0 Å². The molecule has 0 saturated heterocycles. The molecule has 4 aromatic rings. The molecular weight excluding hydrogens is 292 g/mol. The Labute approximate surface area is 131 Å². The van der Waals surface area contributed by atoms with Crippen molar-refractivity contribution in [3.8, 4) is 11.1 Å². The van der Waals surface area contributed by atoms with Crippen LogP contribution in [0, 0.1) is 0 Å². The number of aromatic nitrogens is 3. The van der Waals surface area contributed by atoms with Crippen molar-refractivity contribution in [3.63, 3.8) is 0 Å². The Morgan fingerprint density at radius 1 is 1.04 bits per heavy atom. The van der Waals surface area contributed by atoms with Gasteiger partial charge in [0.1, 0.15) is 5.76 Å². The van der Waals surface area contributed by atoms with E-state index in [4.69, 9.17) is 4.42 Å². The topological polar surface area (TPSA) is 86.7 Å². The molecule has 114 valence electrons.